The van der Waals surface area contributed by atoms with Crippen LogP contribution in [0.2, 0.25) is 0 Å². The topological polar surface area (TPSA) is 55.4 Å². The molecule has 1 aliphatic rings. The van der Waals surface area contributed by atoms with Crippen molar-refractivity contribution in [3.8, 4) is 0 Å². The lowest BCUT2D eigenvalue weighted by Crippen LogP contribution is -2.64. The Bertz CT molecular complexity index is 271. The fraction of sp³-hybridized carbons (Fsp3) is 0.818. The molecule has 86 valence electrons. The number of Topliss-reactive ketones (excluding diaryl/α,β-unsaturated/α-hetero) is 1. The van der Waals surface area contributed by atoms with Crippen LogP contribution in [0.5, 0.6) is 0 Å². The van der Waals surface area contributed by atoms with Crippen LogP contribution in [0, 0.1) is 5.92 Å². The van der Waals surface area contributed by atoms with Gasteiger partial charge in [0.15, 0.2) is 0 Å². The average Bonchev–Trinajstić information content (AvgIpc) is 1.98. The minimum Gasteiger partial charge on any atom is -0.467 e. The van der Waals surface area contributed by atoms with Gasteiger partial charge in [-0.1, -0.05) is 0 Å². The first-order valence-corrected chi connectivity index (χ1v) is 5.16. The summed E-state index contributed by atoms with van der Waals surface area (Å²) in [5, 5.41) is 3.40. The van der Waals surface area contributed by atoms with Crippen LogP contribution < -0.4 is 5.32 Å². The average molecular weight is 213 g/mol. The smallest absolute Gasteiger partial charge is 0.293 e. The van der Waals surface area contributed by atoms with E-state index in [0.29, 0.717) is 12.9 Å². The molecule has 4 nitrogen and oxygen atoms in total. The number of carbonyl (C=O) groups is 2. The van der Waals surface area contributed by atoms with Gasteiger partial charge in [-0.05, 0) is 27.7 Å². The second-order valence-electron chi connectivity index (χ2n) is 5.36. The van der Waals surface area contributed by atoms with E-state index in [1.807, 2.05) is 27.7 Å². The van der Waals surface area contributed by atoms with E-state index in [1.54, 1.807) is 0 Å². The standard InChI is InChI=1S/C11H19NO3/c1-10(2)5-9(14)8(6-15-7-13)11(3,4)12-10/h7-8,12H,5-6H2,1-4H3. The Balaban J connectivity index is 2.79. The lowest BCUT2D eigenvalue weighted by atomic mass is 9.74. The van der Waals surface area contributed by atoms with Crippen LogP contribution in [0.3, 0.4) is 0 Å². The highest BCUT2D eigenvalue weighted by atomic mass is 16.5. The van der Waals surface area contributed by atoms with Crippen molar-refractivity contribution in [1.29, 1.82) is 0 Å². The summed E-state index contributed by atoms with van der Waals surface area (Å²) in [6, 6.07) is 0. The van der Waals surface area contributed by atoms with Crippen molar-refractivity contribution >= 4 is 12.3 Å². The van der Waals surface area contributed by atoms with Crippen LogP contribution in [0.4, 0.5) is 0 Å². The van der Waals surface area contributed by atoms with Crippen LogP contribution in [-0.4, -0.2) is 29.9 Å². The van der Waals surface area contributed by atoms with E-state index in [1.165, 1.54) is 0 Å². The fourth-order valence-corrected chi connectivity index (χ4v) is 2.40. The van der Waals surface area contributed by atoms with Crippen LogP contribution in [0.25, 0.3) is 0 Å². The summed E-state index contributed by atoms with van der Waals surface area (Å²) >= 11 is 0. The number of hydrogen-bond acceptors (Lipinski definition) is 4. The Morgan fingerprint density at radius 1 is 1.47 bits per heavy atom. The summed E-state index contributed by atoms with van der Waals surface area (Å²) in [6.07, 6.45) is 0.476. The number of piperidine rings is 1. The Labute approximate surface area is 90.4 Å². The highest BCUT2D eigenvalue weighted by Crippen LogP contribution is 2.30. The summed E-state index contributed by atoms with van der Waals surface area (Å²) in [5.74, 6) is -0.0960. The number of hydrogen-bond donors (Lipinski definition) is 1. The normalized spacial score (nSPS) is 28.5. The predicted molar refractivity (Wildman–Crippen MR) is 56.4 cm³/mol. The number of ketones is 1. The lowest BCUT2D eigenvalue weighted by molar-refractivity contribution is -0.138. The van der Waals surface area contributed by atoms with Crippen LogP contribution >= 0.6 is 0 Å². The third kappa shape index (κ3) is 2.78. The molecule has 15 heavy (non-hydrogen) atoms. The molecule has 0 aromatic carbocycles. The van der Waals surface area contributed by atoms with Gasteiger partial charge < -0.3 is 10.1 Å². The van der Waals surface area contributed by atoms with Gasteiger partial charge in [-0.3, -0.25) is 9.59 Å². The predicted octanol–water partition coefficient (Wildman–Crippen LogP) is 0.895. The van der Waals surface area contributed by atoms with Gasteiger partial charge in [-0.2, -0.15) is 0 Å². The van der Waals surface area contributed by atoms with Gasteiger partial charge in [0.05, 0.1) is 5.92 Å². The van der Waals surface area contributed by atoms with Crippen molar-refractivity contribution in [1.82, 2.24) is 5.32 Å². The van der Waals surface area contributed by atoms with Gasteiger partial charge in [-0.15, -0.1) is 0 Å². The molecule has 1 fully saturated rings. The molecule has 1 rings (SSSR count). The van der Waals surface area contributed by atoms with Crippen molar-refractivity contribution in [2.75, 3.05) is 6.61 Å². The summed E-state index contributed by atoms with van der Waals surface area (Å²) in [6.45, 7) is 8.49. The minimum absolute atomic E-state index is 0.158. The molecule has 0 radical (unpaired) electrons. The monoisotopic (exact) mass is 213 g/mol. The number of carbonyl (C=O) groups excluding carboxylic acids is 2. The van der Waals surface area contributed by atoms with E-state index in [0.717, 1.165) is 0 Å². The first kappa shape index (κ1) is 12.2. The van der Waals surface area contributed by atoms with Gasteiger partial charge in [-0.25, -0.2) is 0 Å². The van der Waals surface area contributed by atoms with Crippen LogP contribution in [0.15, 0.2) is 0 Å². The summed E-state index contributed by atoms with van der Waals surface area (Å²) < 4.78 is 4.71. The Hall–Kier alpha value is -0.900. The zero-order valence-corrected chi connectivity index (χ0v) is 9.79. The molecule has 0 aromatic rings. The quantitative estimate of drug-likeness (QED) is 0.707. The Morgan fingerprint density at radius 3 is 2.53 bits per heavy atom. The minimum atomic E-state index is -0.332. The van der Waals surface area contributed by atoms with Gasteiger partial charge in [0.2, 0.25) is 0 Å². The zero-order chi connectivity index (χ0) is 11.7. The van der Waals surface area contributed by atoms with Gasteiger partial charge in [0.1, 0.15) is 12.4 Å². The molecule has 4 heteroatoms. The van der Waals surface area contributed by atoms with Crippen molar-refractivity contribution in [2.45, 2.75) is 45.2 Å². The maximum absolute atomic E-state index is 11.9. The first-order chi connectivity index (χ1) is 6.78. The Morgan fingerprint density at radius 2 is 2.07 bits per heavy atom. The molecule has 0 aliphatic carbocycles. The third-order valence-electron chi connectivity index (χ3n) is 2.87. The van der Waals surface area contributed by atoms with Crippen LogP contribution in [-0.2, 0) is 14.3 Å². The third-order valence-corrected chi connectivity index (χ3v) is 2.87. The van der Waals surface area contributed by atoms with E-state index >= 15 is 0 Å². The molecule has 0 spiro atoms. The number of ether oxygens (including phenoxy) is 1. The highest BCUT2D eigenvalue weighted by Gasteiger charge is 2.45. The maximum atomic E-state index is 11.9. The molecule has 1 N–H and O–H groups in total. The van der Waals surface area contributed by atoms with Crippen LogP contribution in [0.1, 0.15) is 34.1 Å². The van der Waals surface area contributed by atoms with Crippen molar-refractivity contribution < 1.29 is 14.3 Å². The SMILES string of the molecule is CC1(C)CC(=O)C(COC=O)C(C)(C)N1. The summed E-state index contributed by atoms with van der Waals surface area (Å²) in [4.78, 5) is 22.0. The van der Waals surface area contributed by atoms with Crippen molar-refractivity contribution in [2.24, 2.45) is 5.92 Å². The molecule has 1 heterocycles. The van der Waals surface area contributed by atoms with E-state index in [-0.39, 0.29) is 29.4 Å². The van der Waals surface area contributed by atoms with E-state index < -0.39 is 0 Å². The van der Waals surface area contributed by atoms with Gasteiger partial charge >= 0.3 is 0 Å². The fourth-order valence-electron chi connectivity index (χ4n) is 2.40. The molecule has 0 amide bonds. The van der Waals surface area contributed by atoms with Crippen molar-refractivity contribution in [3.05, 3.63) is 0 Å². The zero-order valence-electron chi connectivity index (χ0n) is 9.79. The number of rotatable bonds is 3. The first-order valence-electron chi connectivity index (χ1n) is 5.16. The van der Waals surface area contributed by atoms with Crippen molar-refractivity contribution in [3.63, 3.8) is 0 Å². The molecule has 0 saturated carbocycles. The molecule has 1 unspecified atom stereocenters. The summed E-state index contributed by atoms with van der Waals surface area (Å²) in [5.41, 5.74) is -0.514. The Kier molecular flexibility index (Phi) is 3.19. The molecule has 0 bridgehead atoms. The van der Waals surface area contributed by atoms with E-state index in [9.17, 15) is 9.59 Å². The number of nitrogens with one attached hydrogen (secondary N) is 1. The van der Waals surface area contributed by atoms with E-state index in [4.69, 9.17) is 4.74 Å². The maximum Gasteiger partial charge on any atom is 0.293 e. The molecule has 1 saturated heterocycles. The summed E-state index contributed by atoms with van der Waals surface area (Å²) in [7, 11) is 0. The molecular formula is C11H19NO3. The largest absolute Gasteiger partial charge is 0.467 e. The second-order valence-corrected chi connectivity index (χ2v) is 5.36. The lowest BCUT2D eigenvalue weighted by Gasteiger charge is -2.46. The molecule has 1 aliphatic heterocycles. The molecule has 0 aromatic heterocycles. The highest BCUT2D eigenvalue weighted by molar-refractivity contribution is 5.84. The van der Waals surface area contributed by atoms with E-state index in [2.05, 4.69) is 5.32 Å². The van der Waals surface area contributed by atoms with Gasteiger partial charge in [0.25, 0.3) is 6.47 Å². The second kappa shape index (κ2) is 3.93. The molecular weight excluding hydrogens is 194 g/mol. The van der Waals surface area contributed by atoms with Gasteiger partial charge in [0, 0.05) is 17.5 Å². The molecule has 1 atom stereocenters.